The minimum Gasteiger partial charge on any atom is -0.508 e. The van der Waals surface area contributed by atoms with Crippen LogP contribution in [0.25, 0.3) is 0 Å². The number of unbranched alkanes of at least 4 members (excludes halogenated alkanes) is 3. The van der Waals surface area contributed by atoms with Crippen LogP contribution in [0.1, 0.15) is 89.2 Å². The SMILES string of the molecule is CCCCCCC(C)(C)c1ccc(C2CC(O)CCC2/C=N/O)c(O)c1. The van der Waals surface area contributed by atoms with E-state index >= 15 is 0 Å². The molecule has 3 unspecified atom stereocenters. The predicted octanol–water partition coefficient (Wildman–Crippen LogP) is 5.34. The van der Waals surface area contributed by atoms with Gasteiger partial charge < -0.3 is 15.4 Å². The highest BCUT2D eigenvalue weighted by molar-refractivity contribution is 5.63. The lowest BCUT2D eigenvalue weighted by molar-refractivity contribution is 0.108. The Kier molecular flexibility index (Phi) is 7.51. The summed E-state index contributed by atoms with van der Waals surface area (Å²) in [5.41, 5.74) is 2.03. The molecular weight excluding hydrogens is 326 g/mol. The van der Waals surface area contributed by atoms with Crippen LogP contribution in [0, 0.1) is 5.92 Å². The lowest BCUT2D eigenvalue weighted by Crippen LogP contribution is -2.27. The van der Waals surface area contributed by atoms with Gasteiger partial charge in [0.05, 0.1) is 6.10 Å². The van der Waals surface area contributed by atoms with Gasteiger partial charge in [-0.3, -0.25) is 0 Å². The highest BCUT2D eigenvalue weighted by Gasteiger charge is 2.32. The molecule has 146 valence electrons. The molecule has 0 spiro atoms. The van der Waals surface area contributed by atoms with E-state index in [4.69, 9.17) is 5.21 Å². The Morgan fingerprint density at radius 1 is 1.19 bits per heavy atom. The number of nitrogens with zero attached hydrogens (tertiary/aromatic N) is 1. The van der Waals surface area contributed by atoms with Gasteiger partial charge in [-0.25, -0.2) is 0 Å². The van der Waals surface area contributed by atoms with Crippen molar-refractivity contribution in [2.24, 2.45) is 11.1 Å². The number of aliphatic hydroxyl groups is 1. The van der Waals surface area contributed by atoms with Gasteiger partial charge in [0, 0.05) is 12.1 Å². The van der Waals surface area contributed by atoms with Crippen molar-refractivity contribution in [1.29, 1.82) is 0 Å². The lowest BCUT2D eigenvalue weighted by Gasteiger charge is -2.33. The number of aromatic hydroxyl groups is 1. The first kappa shape index (κ1) is 20.8. The van der Waals surface area contributed by atoms with Crippen LogP contribution in [0.5, 0.6) is 5.75 Å². The van der Waals surface area contributed by atoms with Crippen molar-refractivity contribution >= 4 is 6.21 Å². The van der Waals surface area contributed by atoms with E-state index in [0.29, 0.717) is 18.6 Å². The van der Waals surface area contributed by atoms with Crippen molar-refractivity contribution in [3.8, 4) is 5.75 Å². The topological polar surface area (TPSA) is 73.1 Å². The number of oxime groups is 1. The third-order valence-corrected chi connectivity index (χ3v) is 6.00. The summed E-state index contributed by atoms with van der Waals surface area (Å²) in [5.74, 6) is 0.318. The van der Waals surface area contributed by atoms with E-state index in [9.17, 15) is 10.2 Å². The molecular formula is C22H35NO3. The maximum absolute atomic E-state index is 10.7. The van der Waals surface area contributed by atoms with Gasteiger partial charge in [0.1, 0.15) is 5.75 Å². The van der Waals surface area contributed by atoms with E-state index in [2.05, 4.69) is 32.0 Å². The largest absolute Gasteiger partial charge is 0.508 e. The second kappa shape index (κ2) is 9.40. The van der Waals surface area contributed by atoms with Crippen LogP contribution in [0.3, 0.4) is 0 Å². The zero-order chi connectivity index (χ0) is 19.2. The van der Waals surface area contributed by atoms with Gasteiger partial charge in [-0.2, -0.15) is 0 Å². The first-order valence-corrected chi connectivity index (χ1v) is 10.1. The molecule has 1 saturated carbocycles. The summed E-state index contributed by atoms with van der Waals surface area (Å²) in [7, 11) is 0. The molecule has 0 radical (unpaired) electrons. The van der Waals surface area contributed by atoms with Gasteiger partial charge in [-0.05, 0) is 54.2 Å². The maximum atomic E-state index is 10.7. The van der Waals surface area contributed by atoms with Crippen molar-refractivity contribution in [3.63, 3.8) is 0 Å². The molecule has 0 aliphatic heterocycles. The Bertz CT molecular complexity index is 597. The fraction of sp³-hybridized carbons (Fsp3) is 0.682. The van der Waals surface area contributed by atoms with E-state index in [1.54, 1.807) is 6.21 Å². The average Bonchev–Trinajstić information content (AvgIpc) is 2.60. The molecule has 0 heterocycles. The number of aliphatic hydroxyl groups excluding tert-OH is 1. The van der Waals surface area contributed by atoms with Crippen molar-refractivity contribution in [1.82, 2.24) is 0 Å². The fourth-order valence-electron chi connectivity index (χ4n) is 4.21. The number of phenolic OH excluding ortho intramolecular Hbond substituents is 1. The minimum atomic E-state index is -0.363. The number of rotatable bonds is 8. The van der Waals surface area contributed by atoms with Crippen LogP contribution in [0.2, 0.25) is 0 Å². The number of hydrogen-bond acceptors (Lipinski definition) is 4. The van der Waals surface area contributed by atoms with Crippen LogP contribution < -0.4 is 0 Å². The second-order valence-electron chi connectivity index (χ2n) is 8.47. The molecule has 0 saturated heterocycles. The minimum absolute atomic E-state index is 0.0173. The van der Waals surface area contributed by atoms with Crippen molar-refractivity contribution in [3.05, 3.63) is 29.3 Å². The summed E-state index contributed by atoms with van der Waals surface area (Å²) in [6, 6.07) is 6.01. The smallest absolute Gasteiger partial charge is 0.119 e. The van der Waals surface area contributed by atoms with Crippen molar-refractivity contribution in [2.75, 3.05) is 0 Å². The third kappa shape index (κ3) is 5.23. The maximum Gasteiger partial charge on any atom is 0.119 e. The standard InChI is InChI=1S/C22H35NO3/c1-4-5-6-7-12-22(2,3)17-9-11-19(21(25)13-17)20-14-18(24)10-8-16(20)15-23-26/h9,11,13,15-16,18,20,24-26H,4-8,10,12,14H2,1-3H3/b23-15+. The van der Waals surface area contributed by atoms with Gasteiger partial charge in [0.2, 0.25) is 0 Å². The number of benzene rings is 1. The van der Waals surface area contributed by atoms with E-state index in [0.717, 1.165) is 24.0 Å². The molecule has 4 heteroatoms. The summed E-state index contributed by atoms with van der Waals surface area (Å²) >= 11 is 0. The summed E-state index contributed by atoms with van der Waals surface area (Å²) in [5, 5.41) is 32.9. The van der Waals surface area contributed by atoms with Crippen LogP contribution in [-0.2, 0) is 5.41 Å². The molecule has 2 rings (SSSR count). The summed E-state index contributed by atoms with van der Waals surface area (Å²) in [6.45, 7) is 6.69. The average molecular weight is 362 g/mol. The zero-order valence-corrected chi connectivity index (χ0v) is 16.5. The molecule has 0 bridgehead atoms. The summed E-state index contributed by atoms with van der Waals surface area (Å²) in [6.07, 6.45) is 9.31. The first-order chi connectivity index (χ1) is 12.4. The highest BCUT2D eigenvalue weighted by Crippen LogP contribution is 2.42. The van der Waals surface area contributed by atoms with Gasteiger partial charge in [-0.15, -0.1) is 5.16 Å². The molecule has 1 aliphatic carbocycles. The van der Waals surface area contributed by atoms with Crippen LogP contribution >= 0.6 is 0 Å². The monoisotopic (exact) mass is 361 g/mol. The highest BCUT2D eigenvalue weighted by atomic mass is 16.4. The fourth-order valence-corrected chi connectivity index (χ4v) is 4.21. The normalized spacial score (nSPS) is 24.2. The van der Waals surface area contributed by atoms with Gasteiger partial charge in [0.15, 0.2) is 0 Å². The van der Waals surface area contributed by atoms with Gasteiger partial charge in [0.25, 0.3) is 0 Å². The molecule has 26 heavy (non-hydrogen) atoms. The van der Waals surface area contributed by atoms with Crippen LogP contribution in [0.4, 0.5) is 0 Å². The lowest BCUT2D eigenvalue weighted by atomic mass is 9.73. The Labute approximate surface area is 157 Å². The molecule has 1 aliphatic rings. The number of phenols is 1. The Morgan fingerprint density at radius 3 is 2.62 bits per heavy atom. The molecule has 1 aromatic rings. The Hall–Kier alpha value is -1.55. The molecule has 0 amide bonds. The quantitative estimate of drug-likeness (QED) is 0.253. The molecule has 3 atom stereocenters. The Morgan fingerprint density at radius 2 is 1.96 bits per heavy atom. The van der Waals surface area contributed by atoms with E-state index in [1.807, 2.05) is 12.1 Å². The second-order valence-corrected chi connectivity index (χ2v) is 8.47. The Balaban J connectivity index is 2.17. The third-order valence-electron chi connectivity index (χ3n) is 6.00. The zero-order valence-electron chi connectivity index (χ0n) is 16.5. The number of hydrogen-bond donors (Lipinski definition) is 3. The summed E-state index contributed by atoms with van der Waals surface area (Å²) in [4.78, 5) is 0. The van der Waals surface area contributed by atoms with Crippen molar-refractivity contribution < 1.29 is 15.4 Å². The van der Waals surface area contributed by atoms with Gasteiger partial charge >= 0.3 is 0 Å². The molecule has 0 aromatic heterocycles. The molecule has 4 nitrogen and oxygen atoms in total. The molecule has 1 fully saturated rings. The van der Waals surface area contributed by atoms with E-state index in [1.165, 1.54) is 25.7 Å². The van der Waals surface area contributed by atoms with Crippen molar-refractivity contribution in [2.45, 2.75) is 89.6 Å². The first-order valence-electron chi connectivity index (χ1n) is 10.1. The summed E-state index contributed by atoms with van der Waals surface area (Å²) < 4.78 is 0. The molecule has 1 aromatic carbocycles. The van der Waals surface area contributed by atoms with Gasteiger partial charge in [-0.1, -0.05) is 58.6 Å². The van der Waals surface area contributed by atoms with E-state index < -0.39 is 0 Å². The van der Waals surface area contributed by atoms with Crippen LogP contribution in [-0.4, -0.2) is 27.7 Å². The molecule has 3 N–H and O–H groups in total. The van der Waals surface area contributed by atoms with Crippen LogP contribution in [0.15, 0.2) is 23.4 Å². The predicted molar refractivity (Wildman–Crippen MR) is 106 cm³/mol. The van der Waals surface area contributed by atoms with E-state index in [-0.39, 0.29) is 23.4 Å².